The zero-order valence-corrected chi connectivity index (χ0v) is 34.1. The summed E-state index contributed by atoms with van der Waals surface area (Å²) in [6, 6.07) is 0. The van der Waals surface area contributed by atoms with Crippen molar-refractivity contribution in [2.75, 3.05) is 19.8 Å². The fraction of sp³-hybridized carbons (Fsp3) is 0.702. The van der Waals surface area contributed by atoms with E-state index in [2.05, 4.69) is 93.7 Å². The number of carbonyl (C=O) groups is 2. The molecule has 298 valence electrons. The highest BCUT2D eigenvalue weighted by atomic mass is 16.6. The van der Waals surface area contributed by atoms with E-state index in [-0.39, 0.29) is 25.2 Å². The topological polar surface area (TPSA) is 61.8 Å². The summed E-state index contributed by atoms with van der Waals surface area (Å²) in [5.74, 6) is -0.456. The largest absolute Gasteiger partial charge is 0.462 e. The minimum Gasteiger partial charge on any atom is -0.462 e. The van der Waals surface area contributed by atoms with Gasteiger partial charge in [-0.15, -0.1) is 0 Å². The molecule has 0 spiro atoms. The van der Waals surface area contributed by atoms with Crippen LogP contribution in [0.15, 0.2) is 72.9 Å². The molecule has 0 aliphatic carbocycles. The highest BCUT2D eigenvalue weighted by molar-refractivity contribution is 5.70. The van der Waals surface area contributed by atoms with Crippen molar-refractivity contribution in [3.63, 3.8) is 0 Å². The SMILES string of the molecule is CC/C=C\C/C=C\C/C=C\CCCCCCCC(=O)OCC(COCCCCCCCCCC)OC(=O)CCCCC/C=C\C/C=C\C/C=C\CC. The summed E-state index contributed by atoms with van der Waals surface area (Å²) >= 11 is 0. The maximum Gasteiger partial charge on any atom is 0.306 e. The molecular weight excluding hydrogens is 645 g/mol. The standard InChI is InChI=1S/C47H80O5/c1-4-7-10-13-16-19-21-23-24-26-27-29-31-34-37-40-46(48)51-44-45(43-50-42-39-36-33-18-15-12-9-6-3)52-47(49)41-38-35-32-30-28-25-22-20-17-14-11-8-5-2/h7-8,10-11,16-17,19-20,23-25,28,45H,4-6,9,12-15,18,21-22,26-27,29-44H2,1-3H3/b10-7-,11-8-,19-16-,20-17-,24-23-,28-25-. The molecule has 0 saturated carbocycles. The second-order valence-electron chi connectivity index (χ2n) is 13.8. The van der Waals surface area contributed by atoms with Crippen molar-refractivity contribution in [1.82, 2.24) is 0 Å². The second-order valence-corrected chi connectivity index (χ2v) is 13.8. The van der Waals surface area contributed by atoms with Gasteiger partial charge in [-0.2, -0.15) is 0 Å². The number of carbonyl (C=O) groups excluding carboxylic acids is 2. The molecule has 0 aromatic rings. The molecule has 5 nitrogen and oxygen atoms in total. The fourth-order valence-electron chi connectivity index (χ4n) is 5.60. The summed E-state index contributed by atoms with van der Waals surface area (Å²) in [6.45, 7) is 7.52. The lowest BCUT2D eigenvalue weighted by Gasteiger charge is -2.18. The number of rotatable bonds is 38. The van der Waals surface area contributed by atoms with Gasteiger partial charge in [0.25, 0.3) is 0 Å². The first-order valence-corrected chi connectivity index (χ1v) is 21.5. The van der Waals surface area contributed by atoms with Crippen LogP contribution in [0.25, 0.3) is 0 Å². The number of ether oxygens (including phenoxy) is 3. The monoisotopic (exact) mass is 725 g/mol. The number of esters is 2. The molecule has 0 aromatic carbocycles. The molecule has 0 N–H and O–H groups in total. The van der Waals surface area contributed by atoms with Crippen molar-refractivity contribution in [1.29, 1.82) is 0 Å². The fourth-order valence-corrected chi connectivity index (χ4v) is 5.60. The average molecular weight is 725 g/mol. The van der Waals surface area contributed by atoms with Crippen LogP contribution in [0, 0.1) is 0 Å². The Kier molecular flexibility index (Phi) is 40.6. The minimum atomic E-state index is -0.555. The predicted molar refractivity (Wildman–Crippen MR) is 224 cm³/mol. The van der Waals surface area contributed by atoms with Gasteiger partial charge in [-0.3, -0.25) is 9.59 Å². The molecule has 0 heterocycles. The van der Waals surface area contributed by atoms with Gasteiger partial charge < -0.3 is 14.2 Å². The van der Waals surface area contributed by atoms with Gasteiger partial charge >= 0.3 is 11.9 Å². The molecule has 0 aliphatic rings. The van der Waals surface area contributed by atoms with Crippen molar-refractivity contribution >= 4 is 11.9 Å². The Balaban J connectivity index is 4.29. The molecule has 52 heavy (non-hydrogen) atoms. The van der Waals surface area contributed by atoms with E-state index in [1.165, 1.54) is 51.4 Å². The number of allylic oxidation sites excluding steroid dienone is 12. The lowest BCUT2D eigenvalue weighted by molar-refractivity contribution is -0.163. The van der Waals surface area contributed by atoms with Gasteiger partial charge in [0, 0.05) is 19.4 Å². The Labute approximate surface area is 321 Å². The molecular formula is C47H80O5. The third-order valence-corrected chi connectivity index (χ3v) is 8.74. The molecule has 1 atom stereocenters. The lowest BCUT2D eigenvalue weighted by Crippen LogP contribution is -2.30. The summed E-state index contributed by atoms with van der Waals surface area (Å²) < 4.78 is 17.2. The van der Waals surface area contributed by atoms with Gasteiger partial charge in [-0.05, 0) is 83.5 Å². The Hall–Kier alpha value is -2.66. The van der Waals surface area contributed by atoms with E-state index in [0.717, 1.165) is 103 Å². The van der Waals surface area contributed by atoms with Crippen molar-refractivity contribution < 1.29 is 23.8 Å². The smallest absolute Gasteiger partial charge is 0.306 e. The van der Waals surface area contributed by atoms with Crippen molar-refractivity contribution in [3.8, 4) is 0 Å². The lowest BCUT2D eigenvalue weighted by atomic mass is 10.1. The maximum absolute atomic E-state index is 12.7. The van der Waals surface area contributed by atoms with Crippen LogP contribution in [0.1, 0.15) is 188 Å². The van der Waals surface area contributed by atoms with Gasteiger partial charge in [-0.25, -0.2) is 0 Å². The average Bonchev–Trinajstić information content (AvgIpc) is 3.14. The zero-order valence-electron chi connectivity index (χ0n) is 34.1. The molecule has 0 radical (unpaired) electrons. The molecule has 0 aliphatic heterocycles. The van der Waals surface area contributed by atoms with Crippen LogP contribution in [0.2, 0.25) is 0 Å². The second kappa shape index (κ2) is 42.8. The predicted octanol–water partition coefficient (Wildman–Crippen LogP) is 14.0. The highest BCUT2D eigenvalue weighted by Crippen LogP contribution is 2.12. The molecule has 0 bridgehead atoms. The molecule has 0 fully saturated rings. The number of hydrogen-bond acceptors (Lipinski definition) is 5. The summed E-state index contributed by atoms with van der Waals surface area (Å²) in [5, 5.41) is 0. The van der Waals surface area contributed by atoms with Crippen LogP contribution in [-0.4, -0.2) is 37.9 Å². The van der Waals surface area contributed by atoms with Crippen LogP contribution in [0.3, 0.4) is 0 Å². The van der Waals surface area contributed by atoms with Crippen LogP contribution in [0.5, 0.6) is 0 Å². The zero-order chi connectivity index (χ0) is 37.8. The van der Waals surface area contributed by atoms with Crippen molar-refractivity contribution in [2.24, 2.45) is 0 Å². The maximum atomic E-state index is 12.7. The summed E-state index contributed by atoms with van der Waals surface area (Å²) in [6.07, 6.45) is 53.3. The number of hydrogen-bond donors (Lipinski definition) is 0. The first kappa shape index (κ1) is 49.3. The van der Waals surface area contributed by atoms with E-state index < -0.39 is 6.10 Å². The first-order valence-electron chi connectivity index (χ1n) is 21.5. The van der Waals surface area contributed by atoms with Gasteiger partial charge in [0.2, 0.25) is 0 Å². The number of unbranched alkanes of at least 4 members (excludes halogenated alkanes) is 15. The third kappa shape index (κ3) is 40.1. The molecule has 0 aromatic heterocycles. The summed E-state index contributed by atoms with van der Waals surface area (Å²) in [4.78, 5) is 25.1. The van der Waals surface area contributed by atoms with Crippen molar-refractivity contribution in [2.45, 2.75) is 194 Å². The third-order valence-electron chi connectivity index (χ3n) is 8.74. The Morgan fingerprint density at radius 1 is 0.442 bits per heavy atom. The van der Waals surface area contributed by atoms with Crippen LogP contribution in [-0.2, 0) is 23.8 Å². The highest BCUT2D eigenvalue weighted by Gasteiger charge is 2.17. The first-order chi connectivity index (χ1) is 25.6. The van der Waals surface area contributed by atoms with Crippen LogP contribution >= 0.6 is 0 Å². The van der Waals surface area contributed by atoms with Crippen LogP contribution < -0.4 is 0 Å². The molecule has 5 heteroatoms. The van der Waals surface area contributed by atoms with Gasteiger partial charge in [0.1, 0.15) is 6.61 Å². The van der Waals surface area contributed by atoms with Gasteiger partial charge in [0.05, 0.1) is 6.61 Å². The summed E-state index contributed by atoms with van der Waals surface area (Å²) in [7, 11) is 0. The van der Waals surface area contributed by atoms with E-state index in [1.54, 1.807) is 0 Å². The molecule has 0 saturated heterocycles. The van der Waals surface area contributed by atoms with Gasteiger partial charge in [0.15, 0.2) is 6.10 Å². The quantitative estimate of drug-likeness (QED) is 0.0360. The summed E-state index contributed by atoms with van der Waals surface area (Å²) in [5.41, 5.74) is 0. The van der Waals surface area contributed by atoms with E-state index in [4.69, 9.17) is 14.2 Å². The Morgan fingerprint density at radius 3 is 1.40 bits per heavy atom. The Morgan fingerprint density at radius 2 is 0.865 bits per heavy atom. The van der Waals surface area contributed by atoms with E-state index in [0.29, 0.717) is 19.4 Å². The molecule has 0 amide bonds. The minimum absolute atomic E-state index is 0.0626. The Bertz CT molecular complexity index is 957. The van der Waals surface area contributed by atoms with Crippen molar-refractivity contribution in [3.05, 3.63) is 72.9 Å². The van der Waals surface area contributed by atoms with Crippen LogP contribution in [0.4, 0.5) is 0 Å². The van der Waals surface area contributed by atoms with E-state index in [9.17, 15) is 9.59 Å². The van der Waals surface area contributed by atoms with E-state index in [1.807, 2.05) is 0 Å². The van der Waals surface area contributed by atoms with Gasteiger partial charge in [-0.1, -0.05) is 164 Å². The normalized spacial score (nSPS) is 12.9. The molecule has 1 unspecified atom stereocenters. The molecule has 0 rings (SSSR count). The van der Waals surface area contributed by atoms with E-state index >= 15 is 0 Å².